The topological polar surface area (TPSA) is 34.1 Å². The quantitative estimate of drug-likeness (QED) is 0.397. The number of pyridine rings is 1. The second-order valence-electron chi connectivity index (χ2n) is 8.68. The Morgan fingerprint density at radius 1 is 1.09 bits per heavy atom. The highest BCUT2D eigenvalue weighted by molar-refractivity contribution is 6.33. The summed E-state index contributed by atoms with van der Waals surface area (Å²) in [7, 11) is 0. The van der Waals surface area contributed by atoms with Crippen molar-refractivity contribution in [3.63, 3.8) is 0 Å². The zero-order valence-electron chi connectivity index (χ0n) is 18.4. The smallest absolute Gasteiger partial charge is 0.270 e. The van der Waals surface area contributed by atoms with Crippen LogP contribution in [0.15, 0.2) is 60.8 Å². The summed E-state index contributed by atoms with van der Waals surface area (Å²) in [5, 5.41) is 3.58. The average Bonchev–Trinajstić information content (AvgIpc) is 2.81. The van der Waals surface area contributed by atoms with Crippen molar-refractivity contribution < 1.29 is 17.9 Å². The Bertz CT molecular complexity index is 1100. The molecule has 2 aromatic carbocycles. The Balaban J connectivity index is 1.60. The van der Waals surface area contributed by atoms with E-state index in [1.54, 1.807) is 6.07 Å². The third-order valence-corrected chi connectivity index (χ3v) is 6.53. The molecule has 1 saturated heterocycles. The van der Waals surface area contributed by atoms with Crippen LogP contribution < -0.4 is 5.32 Å². The number of nitrogens with one attached hydrogen (secondary N) is 1. The summed E-state index contributed by atoms with van der Waals surface area (Å²) in [4.78, 5) is 3.52. The molecule has 0 radical (unpaired) electrons. The van der Waals surface area contributed by atoms with E-state index in [1.807, 2.05) is 18.2 Å². The van der Waals surface area contributed by atoms with Crippen molar-refractivity contribution in [2.45, 2.75) is 37.7 Å². The number of piperidine rings is 1. The van der Waals surface area contributed by atoms with Crippen molar-refractivity contribution in [3.8, 4) is 11.1 Å². The van der Waals surface area contributed by atoms with Crippen LogP contribution in [0.25, 0.3) is 11.1 Å². The molecule has 0 amide bonds. The Kier molecular flexibility index (Phi) is 7.07. The molecule has 0 unspecified atom stereocenters. The van der Waals surface area contributed by atoms with Gasteiger partial charge in [-0.2, -0.15) is 4.39 Å². The second kappa shape index (κ2) is 9.84. The fourth-order valence-electron chi connectivity index (χ4n) is 4.40. The Morgan fingerprint density at radius 2 is 1.82 bits per heavy atom. The number of aromatic nitrogens is 1. The van der Waals surface area contributed by atoms with Crippen LogP contribution in [0.3, 0.4) is 0 Å². The molecule has 2 heterocycles. The molecule has 0 spiro atoms. The van der Waals surface area contributed by atoms with Gasteiger partial charge in [0.05, 0.1) is 18.2 Å². The van der Waals surface area contributed by atoms with Crippen molar-refractivity contribution in [1.29, 1.82) is 0 Å². The zero-order valence-corrected chi connectivity index (χ0v) is 19.1. The lowest BCUT2D eigenvalue weighted by Gasteiger charge is -2.38. The van der Waals surface area contributed by atoms with Gasteiger partial charge in [-0.1, -0.05) is 41.9 Å². The van der Waals surface area contributed by atoms with E-state index >= 15 is 0 Å². The summed E-state index contributed by atoms with van der Waals surface area (Å²) in [6.45, 7) is 3.26. The first-order chi connectivity index (χ1) is 15.8. The van der Waals surface area contributed by atoms with E-state index < -0.39 is 11.9 Å². The molecule has 1 fully saturated rings. The Labute approximate surface area is 197 Å². The second-order valence-corrected chi connectivity index (χ2v) is 9.09. The van der Waals surface area contributed by atoms with Crippen LogP contribution in [0.2, 0.25) is 5.02 Å². The zero-order chi connectivity index (χ0) is 23.5. The predicted octanol–water partition coefficient (Wildman–Crippen LogP) is 6.49. The minimum Gasteiger partial charge on any atom is -0.376 e. The summed E-state index contributed by atoms with van der Waals surface area (Å²) >= 11 is 6.19. The third kappa shape index (κ3) is 5.57. The first-order valence-corrected chi connectivity index (χ1v) is 11.3. The van der Waals surface area contributed by atoms with E-state index in [-0.39, 0.29) is 22.6 Å². The van der Waals surface area contributed by atoms with E-state index in [0.29, 0.717) is 23.3 Å². The number of ether oxygens (including phenoxy) is 1. The fraction of sp³-hybridized carbons (Fsp3) is 0.346. The van der Waals surface area contributed by atoms with Crippen molar-refractivity contribution in [2.24, 2.45) is 0 Å². The van der Waals surface area contributed by atoms with Gasteiger partial charge < -0.3 is 10.1 Å². The lowest BCUT2D eigenvalue weighted by Crippen LogP contribution is -2.43. The minimum atomic E-state index is -3.07. The molecule has 0 bridgehead atoms. The van der Waals surface area contributed by atoms with E-state index in [4.69, 9.17) is 16.3 Å². The summed E-state index contributed by atoms with van der Waals surface area (Å²) in [5.41, 5.74) is 2.22. The van der Waals surface area contributed by atoms with Gasteiger partial charge in [0.15, 0.2) is 0 Å². The Hall–Kier alpha value is -2.41. The van der Waals surface area contributed by atoms with Crippen LogP contribution in [0.1, 0.15) is 36.5 Å². The van der Waals surface area contributed by atoms with Gasteiger partial charge in [-0.15, -0.1) is 0 Å². The van der Waals surface area contributed by atoms with Gasteiger partial charge >= 0.3 is 0 Å². The van der Waals surface area contributed by atoms with Crippen molar-refractivity contribution in [2.75, 3.05) is 19.7 Å². The molecule has 7 heteroatoms. The van der Waals surface area contributed by atoms with Crippen molar-refractivity contribution in [1.82, 2.24) is 10.3 Å². The van der Waals surface area contributed by atoms with Gasteiger partial charge in [-0.05, 0) is 60.8 Å². The summed E-state index contributed by atoms with van der Waals surface area (Å²) in [6.07, 6.45) is 3.04. The third-order valence-electron chi connectivity index (χ3n) is 6.23. The maximum Gasteiger partial charge on any atom is 0.270 e. The molecule has 3 aromatic rings. The molecule has 1 aromatic heterocycles. The van der Waals surface area contributed by atoms with Crippen LogP contribution in [0.5, 0.6) is 0 Å². The van der Waals surface area contributed by atoms with Gasteiger partial charge in [-0.3, -0.25) is 0 Å². The van der Waals surface area contributed by atoms with Gasteiger partial charge in [-0.25, -0.2) is 13.8 Å². The summed E-state index contributed by atoms with van der Waals surface area (Å²) in [6, 6.07) is 15.9. The average molecular weight is 475 g/mol. The molecule has 4 rings (SSSR count). The number of nitrogens with zero attached hydrogens (tertiary/aromatic N) is 1. The van der Waals surface area contributed by atoms with E-state index in [0.717, 1.165) is 38.9 Å². The molecule has 1 N–H and O–H groups in total. The van der Waals surface area contributed by atoms with Gasteiger partial charge in [0.25, 0.3) is 5.92 Å². The normalized spacial score (nSPS) is 16.0. The van der Waals surface area contributed by atoms with Crippen LogP contribution in [0.4, 0.5) is 13.2 Å². The van der Waals surface area contributed by atoms with Gasteiger partial charge in [0.1, 0.15) is 0 Å². The highest BCUT2D eigenvalue weighted by Crippen LogP contribution is 2.36. The number of hydrogen-bond acceptors (Lipinski definition) is 3. The molecule has 1 aliphatic rings. The molecule has 0 atom stereocenters. The number of rotatable bonds is 7. The van der Waals surface area contributed by atoms with Gasteiger partial charge in [0.2, 0.25) is 5.95 Å². The maximum absolute atomic E-state index is 14.2. The SMILES string of the molecule is CC(F)(F)c1cc(COCC2(c3ccccc3)CCNCC2)cc(-c2cc(F)ncc2Cl)c1. The molecule has 0 saturated carbocycles. The van der Waals surface area contributed by atoms with E-state index in [1.165, 1.54) is 23.9 Å². The van der Waals surface area contributed by atoms with E-state index in [9.17, 15) is 13.2 Å². The molecule has 33 heavy (non-hydrogen) atoms. The lowest BCUT2D eigenvalue weighted by molar-refractivity contribution is 0.0170. The van der Waals surface area contributed by atoms with Crippen molar-refractivity contribution in [3.05, 3.63) is 88.5 Å². The van der Waals surface area contributed by atoms with Crippen molar-refractivity contribution >= 4 is 11.6 Å². The number of benzene rings is 2. The lowest BCUT2D eigenvalue weighted by atomic mass is 9.74. The molecule has 174 valence electrons. The van der Waals surface area contributed by atoms with Crippen LogP contribution in [-0.4, -0.2) is 24.7 Å². The standard InChI is InChI=1S/C26H26ClF3N2O/c1-25(29,30)21-12-18(11-19(13-21)22-14-24(28)32-15-23(22)27)16-33-17-26(7-9-31-10-8-26)20-5-3-2-4-6-20/h2-6,11-15,31H,7-10,16-17H2,1H3. The summed E-state index contributed by atoms with van der Waals surface area (Å²) in [5.74, 6) is -3.79. The van der Waals surface area contributed by atoms with Crippen LogP contribution in [0, 0.1) is 5.95 Å². The number of alkyl halides is 2. The first kappa shape index (κ1) is 23.7. The Morgan fingerprint density at radius 3 is 2.52 bits per heavy atom. The highest BCUT2D eigenvalue weighted by Gasteiger charge is 2.34. The largest absolute Gasteiger partial charge is 0.376 e. The van der Waals surface area contributed by atoms with Crippen LogP contribution in [-0.2, 0) is 22.7 Å². The fourth-order valence-corrected chi connectivity index (χ4v) is 4.61. The van der Waals surface area contributed by atoms with Gasteiger partial charge in [0, 0.05) is 35.7 Å². The molecule has 1 aliphatic heterocycles. The summed E-state index contributed by atoms with van der Waals surface area (Å²) < 4.78 is 48.3. The van der Waals surface area contributed by atoms with E-state index in [2.05, 4.69) is 22.4 Å². The first-order valence-electron chi connectivity index (χ1n) is 10.9. The number of halogens is 4. The predicted molar refractivity (Wildman–Crippen MR) is 124 cm³/mol. The van der Waals surface area contributed by atoms with Crippen LogP contribution >= 0.6 is 11.6 Å². The minimum absolute atomic E-state index is 0.126. The molecular formula is C26H26ClF3N2O. The molecule has 3 nitrogen and oxygen atoms in total. The monoisotopic (exact) mass is 474 g/mol. The molecule has 0 aliphatic carbocycles. The molecular weight excluding hydrogens is 449 g/mol. The highest BCUT2D eigenvalue weighted by atomic mass is 35.5. The maximum atomic E-state index is 14.2. The number of hydrogen-bond donors (Lipinski definition) is 1.